The van der Waals surface area contributed by atoms with E-state index in [0.717, 1.165) is 37.1 Å². The SMILES string of the molecule is Fc1ccc(Cn2cc(COC3CCCCO3)nn2)cc1Cl. The molecule has 1 aliphatic heterocycles. The lowest BCUT2D eigenvalue weighted by molar-refractivity contribution is -0.169. The molecule has 1 saturated heterocycles. The Labute approximate surface area is 133 Å². The van der Waals surface area contributed by atoms with Crippen LogP contribution in [-0.2, 0) is 22.6 Å². The van der Waals surface area contributed by atoms with Crippen molar-refractivity contribution in [3.8, 4) is 0 Å². The Bertz CT molecular complexity index is 629. The fourth-order valence-electron chi connectivity index (χ4n) is 2.33. The molecule has 0 radical (unpaired) electrons. The summed E-state index contributed by atoms with van der Waals surface area (Å²) in [7, 11) is 0. The van der Waals surface area contributed by atoms with E-state index in [-0.39, 0.29) is 11.3 Å². The van der Waals surface area contributed by atoms with Crippen LogP contribution in [0.15, 0.2) is 24.4 Å². The van der Waals surface area contributed by atoms with Gasteiger partial charge in [0.15, 0.2) is 6.29 Å². The number of ether oxygens (including phenoxy) is 2. The summed E-state index contributed by atoms with van der Waals surface area (Å²) in [5.41, 5.74) is 1.60. The van der Waals surface area contributed by atoms with E-state index in [2.05, 4.69) is 10.3 Å². The summed E-state index contributed by atoms with van der Waals surface area (Å²) in [6.07, 6.45) is 4.80. The summed E-state index contributed by atoms with van der Waals surface area (Å²) >= 11 is 5.77. The van der Waals surface area contributed by atoms with Crippen LogP contribution in [0.5, 0.6) is 0 Å². The second-order valence-electron chi connectivity index (χ2n) is 5.26. The second-order valence-corrected chi connectivity index (χ2v) is 5.67. The highest BCUT2D eigenvalue weighted by atomic mass is 35.5. The Hall–Kier alpha value is -1.50. The van der Waals surface area contributed by atoms with Crippen LogP contribution in [0, 0.1) is 5.82 Å². The Balaban J connectivity index is 1.55. The normalized spacial score (nSPS) is 18.5. The van der Waals surface area contributed by atoms with E-state index < -0.39 is 5.82 Å². The summed E-state index contributed by atoms with van der Waals surface area (Å²) in [5.74, 6) is -0.425. The van der Waals surface area contributed by atoms with Gasteiger partial charge in [0.05, 0.1) is 24.4 Å². The molecule has 2 heterocycles. The number of hydrogen-bond donors (Lipinski definition) is 0. The van der Waals surface area contributed by atoms with E-state index in [4.69, 9.17) is 21.1 Å². The molecular formula is C15H17ClFN3O2. The van der Waals surface area contributed by atoms with Crippen LogP contribution < -0.4 is 0 Å². The van der Waals surface area contributed by atoms with Gasteiger partial charge in [-0.1, -0.05) is 22.9 Å². The number of benzene rings is 1. The summed E-state index contributed by atoms with van der Waals surface area (Å²) in [5, 5.41) is 8.21. The standard InChI is InChI=1S/C15H17ClFN3O2/c16-13-7-11(4-5-14(13)17)8-20-9-12(18-19-20)10-22-15-3-1-2-6-21-15/h4-5,7,9,15H,1-3,6,8,10H2. The van der Waals surface area contributed by atoms with Crippen LogP contribution in [0.1, 0.15) is 30.5 Å². The Kier molecular flexibility index (Phi) is 5.02. The van der Waals surface area contributed by atoms with Crippen LogP contribution >= 0.6 is 11.6 Å². The van der Waals surface area contributed by atoms with Crippen LogP contribution in [0.2, 0.25) is 5.02 Å². The van der Waals surface area contributed by atoms with Crippen molar-refractivity contribution in [2.24, 2.45) is 0 Å². The molecule has 0 amide bonds. The number of rotatable bonds is 5. The van der Waals surface area contributed by atoms with Crippen molar-refractivity contribution in [1.29, 1.82) is 0 Å². The molecule has 0 aliphatic carbocycles. The molecule has 22 heavy (non-hydrogen) atoms. The van der Waals surface area contributed by atoms with Gasteiger partial charge in [-0.2, -0.15) is 0 Å². The third kappa shape index (κ3) is 4.03. The van der Waals surface area contributed by atoms with E-state index in [1.165, 1.54) is 6.07 Å². The van der Waals surface area contributed by atoms with Crippen molar-refractivity contribution < 1.29 is 13.9 Å². The molecule has 2 aromatic rings. The van der Waals surface area contributed by atoms with E-state index in [1.807, 2.05) is 0 Å². The zero-order valence-electron chi connectivity index (χ0n) is 12.0. The highest BCUT2D eigenvalue weighted by molar-refractivity contribution is 6.30. The number of halogens is 2. The van der Waals surface area contributed by atoms with Gasteiger partial charge in [0.2, 0.25) is 0 Å². The molecule has 1 aliphatic rings. The summed E-state index contributed by atoms with van der Waals surface area (Å²) in [6, 6.07) is 4.61. The molecular weight excluding hydrogens is 309 g/mol. The Morgan fingerprint density at radius 2 is 2.32 bits per heavy atom. The minimum absolute atomic E-state index is 0.107. The lowest BCUT2D eigenvalue weighted by Gasteiger charge is -2.22. The highest BCUT2D eigenvalue weighted by Crippen LogP contribution is 2.17. The van der Waals surface area contributed by atoms with Gasteiger partial charge >= 0.3 is 0 Å². The Morgan fingerprint density at radius 1 is 1.41 bits per heavy atom. The van der Waals surface area contributed by atoms with E-state index in [1.54, 1.807) is 23.0 Å². The number of aromatic nitrogens is 3. The van der Waals surface area contributed by atoms with Crippen LogP contribution in [-0.4, -0.2) is 27.9 Å². The van der Waals surface area contributed by atoms with E-state index >= 15 is 0 Å². The zero-order chi connectivity index (χ0) is 15.4. The predicted octanol–water partition coefficient (Wildman–Crippen LogP) is 3.16. The maximum Gasteiger partial charge on any atom is 0.158 e. The van der Waals surface area contributed by atoms with Crippen LogP contribution in [0.4, 0.5) is 4.39 Å². The van der Waals surface area contributed by atoms with Gasteiger partial charge in [0, 0.05) is 6.61 Å². The fourth-order valence-corrected chi connectivity index (χ4v) is 2.53. The molecule has 1 aromatic heterocycles. The average Bonchev–Trinajstić information content (AvgIpc) is 2.97. The van der Waals surface area contributed by atoms with Gasteiger partial charge in [-0.25, -0.2) is 9.07 Å². The molecule has 1 aromatic carbocycles. The lowest BCUT2D eigenvalue weighted by atomic mass is 10.2. The van der Waals surface area contributed by atoms with Crippen LogP contribution in [0.3, 0.4) is 0 Å². The molecule has 5 nitrogen and oxygen atoms in total. The zero-order valence-corrected chi connectivity index (χ0v) is 12.8. The van der Waals surface area contributed by atoms with Crippen molar-refractivity contribution in [3.05, 3.63) is 46.5 Å². The van der Waals surface area contributed by atoms with Crippen molar-refractivity contribution in [1.82, 2.24) is 15.0 Å². The maximum absolute atomic E-state index is 13.1. The highest BCUT2D eigenvalue weighted by Gasteiger charge is 2.14. The monoisotopic (exact) mass is 325 g/mol. The molecule has 1 atom stereocenters. The lowest BCUT2D eigenvalue weighted by Crippen LogP contribution is -2.22. The van der Waals surface area contributed by atoms with Gasteiger partial charge in [0.25, 0.3) is 0 Å². The Morgan fingerprint density at radius 3 is 3.09 bits per heavy atom. The number of nitrogens with zero attached hydrogens (tertiary/aromatic N) is 3. The molecule has 7 heteroatoms. The fraction of sp³-hybridized carbons (Fsp3) is 0.467. The largest absolute Gasteiger partial charge is 0.353 e. The smallest absolute Gasteiger partial charge is 0.158 e. The number of hydrogen-bond acceptors (Lipinski definition) is 4. The summed E-state index contributed by atoms with van der Waals surface area (Å²) in [4.78, 5) is 0. The van der Waals surface area contributed by atoms with Crippen molar-refractivity contribution in [2.45, 2.75) is 38.7 Å². The minimum Gasteiger partial charge on any atom is -0.353 e. The first-order chi connectivity index (χ1) is 10.7. The van der Waals surface area contributed by atoms with E-state index in [9.17, 15) is 4.39 Å². The predicted molar refractivity (Wildman–Crippen MR) is 78.9 cm³/mol. The van der Waals surface area contributed by atoms with Gasteiger partial charge in [-0.05, 0) is 37.0 Å². The molecule has 0 spiro atoms. The molecule has 1 fully saturated rings. The first-order valence-electron chi connectivity index (χ1n) is 7.27. The van der Waals surface area contributed by atoms with Gasteiger partial charge < -0.3 is 9.47 Å². The van der Waals surface area contributed by atoms with Crippen LogP contribution in [0.25, 0.3) is 0 Å². The third-order valence-corrected chi connectivity index (χ3v) is 3.76. The van der Waals surface area contributed by atoms with Gasteiger partial charge in [-0.3, -0.25) is 0 Å². The summed E-state index contributed by atoms with van der Waals surface area (Å²) < 4.78 is 26.0. The average molecular weight is 326 g/mol. The third-order valence-electron chi connectivity index (χ3n) is 3.47. The van der Waals surface area contributed by atoms with Gasteiger partial charge in [0.1, 0.15) is 11.5 Å². The van der Waals surface area contributed by atoms with E-state index in [0.29, 0.717) is 13.2 Å². The molecule has 3 rings (SSSR count). The molecule has 1 unspecified atom stereocenters. The molecule has 0 saturated carbocycles. The minimum atomic E-state index is -0.425. The van der Waals surface area contributed by atoms with Crippen molar-refractivity contribution >= 4 is 11.6 Å². The maximum atomic E-state index is 13.1. The van der Waals surface area contributed by atoms with Crippen molar-refractivity contribution in [2.75, 3.05) is 6.61 Å². The molecule has 118 valence electrons. The molecule has 0 N–H and O–H groups in total. The summed E-state index contributed by atoms with van der Waals surface area (Å²) in [6.45, 7) is 1.60. The quantitative estimate of drug-likeness (QED) is 0.847. The first-order valence-corrected chi connectivity index (χ1v) is 7.64. The van der Waals surface area contributed by atoms with Crippen molar-refractivity contribution in [3.63, 3.8) is 0 Å². The van der Waals surface area contributed by atoms with Gasteiger partial charge in [-0.15, -0.1) is 5.10 Å². The molecule has 0 bridgehead atoms. The second kappa shape index (κ2) is 7.17. The first kappa shape index (κ1) is 15.4. The topological polar surface area (TPSA) is 49.2 Å².